The fourth-order valence-corrected chi connectivity index (χ4v) is 7.77. The second kappa shape index (κ2) is 7.24. The van der Waals surface area contributed by atoms with E-state index < -0.39 is 16.1 Å². The highest BCUT2D eigenvalue weighted by molar-refractivity contribution is 8.18. The van der Waals surface area contributed by atoms with Crippen molar-refractivity contribution in [1.29, 1.82) is 0 Å². The van der Waals surface area contributed by atoms with Gasteiger partial charge in [0, 0.05) is 5.92 Å². The molecule has 28 heavy (non-hydrogen) atoms. The number of rotatable bonds is 4. The van der Waals surface area contributed by atoms with Crippen LogP contribution in [-0.2, 0) is 13.6 Å². The Hall–Kier alpha value is -1.77. The van der Waals surface area contributed by atoms with Gasteiger partial charge in [-0.15, -0.1) is 23.5 Å². The molecular weight excluding hydrogens is 400 g/mol. The second-order valence-corrected chi connectivity index (χ2v) is 9.95. The first-order chi connectivity index (χ1) is 13.7. The van der Waals surface area contributed by atoms with Crippen molar-refractivity contribution in [1.82, 2.24) is 0 Å². The number of hydrogen-bond donors (Lipinski definition) is 1. The van der Waals surface area contributed by atoms with Crippen molar-refractivity contribution in [3.63, 3.8) is 0 Å². The van der Waals surface area contributed by atoms with Crippen molar-refractivity contribution in [3.05, 3.63) is 47.9 Å². The SMILES string of the molecule is O=C1OC[C@@H](C2(c3ccc4c(c3)OCO4)SCCCS2)[C@@H]1[C@@H](O)c1ccco1. The van der Waals surface area contributed by atoms with Crippen molar-refractivity contribution in [2.45, 2.75) is 16.6 Å². The first kappa shape index (κ1) is 18.3. The lowest BCUT2D eigenvalue weighted by Gasteiger charge is -2.42. The highest BCUT2D eigenvalue weighted by Crippen LogP contribution is 2.60. The third-order valence-corrected chi connectivity index (χ3v) is 9.10. The van der Waals surface area contributed by atoms with Gasteiger partial charge in [0.1, 0.15) is 11.9 Å². The molecule has 2 saturated heterocycles. The molecule has 148 valence electrons. The fourth-order valence-electron chi connectivity index (χ4n) is 4.12. The molecule has 0 spiro atoms. The van der Waals surface area contributed by atoms with Gasteiger partial charge in [-0.25, -0.2) is 0 Å². The molecule has 0 aliphatic carbocycles. The van der Waals surface area contributed by atoms with Gasteiger partial charge in [-0.2, -0.15) is 0 Å². The summed E-state index contributed by atoms with van der Waals surface area (Å²) in [4.78, 5) is 12.6. The smallest absolute Gasteiger partial charge is 0.312 e. The summed E-state index contributed by atoms with van der Waals surface area (Å²) in [5.74, 6) is 2.55. The number of aliphatic hydroxyl groups is 1. The molecule has 0 amide bonds. The standard InChI is InChI=1S/C20H20O6S2/c21-18(15-3-1-6-23-15)17-13(10-24-19(17)22)20(27-7-2-8-28-20)12-4-5-14-16(9-12)26-11-25-14/h1,3-6,9,13,17-18,21H,2,7-8,10-11H2/t13-,17-,18+/m1/s1. The normalized spacial score (nSPS) is 26.8. The summed E-state index contributed by atoms with van der Waals surface area (Å²) in [6.07, 6.45) is 1.57. The van der Waals surface area contributed by atoms with E-state index in [9.17, 15) is 9.90 Å². The minimum atomic E-state index is -1.04. The van der Waals surface area contributed by atoms with Crippen LogP contribution < -0.4 is 9.47 Å². The van der Waals surface area contributed by atoms with Gasteiger partial charge in [-0.3, -0.25) is 4.79 Å². The molecule has 2 aromatic rings. The lowest BCUT2D eigenvalue weighted by Crippen LogP contribution is -2.39. The molecular formula is C20H20O6S2. The molecule has 1 N–H and O–H groups in total. The Labute approximate surface area is 170 Å². The van der Waals surface area contributed by atoms with Gasteiger partial charge in [0.25, 0.3) is 0 Å². The lowest BCUT2D eigenvalue weighted by molar-refractivity contribution is -0.144. The number of cyclic esters (lactones) is 1. The van der Waals surface area contributed by atoms with Crippen molar-refractivity contribution in [2.24, 2.45) is 11.8 Å². The fraction of sp³-hybridized carbons (Fsp3) is 0.450. The molecule has 0 bridgehead atoms. The average molecular weight is 421 g/mol. The van der Waals surface area contributed by atoms with E-state index in [1.807, 2.05) is 41.7 Å². The van der Waals surface area contributed by atoms with Gasteiger partial charge in [-0.1, -0.05) is 6.07 Å². The molecule has 4 heterocycles. The number of aliphatic hydroxyl groups excluding tert-OH is 1. The van der Waals surface area contributed by atoms with Gasteiger partial charge >= 0.3 is 5.97 Å². The van der Waals surface area contributed by atoms with E-state index >= 15 is 0 Å². The van der Waals surface area contributed by atoms with Crippen LogP contribution in [0, 0.1) is 11.8 Å². The van der Waals surface area contributed by atoms with Crippen LogP contribution in [-0.4, -0.2) is 36.0 Å². The van der Waals surface area contributed by atoms with E-state index in [0.29, 0.717) is 5.76 Å². The summed E-state index contributed by atoms with van der Waals surface area (Å²) >= 11 is 3.64. The molecule has 2 fully saturated rings. The minimum Gasteiger partial charge on any atom is -0.467 e. The van der Waals surface area contributed by atoms with Crippen LogP contribution in [0.25, 0.3) is 0 Å². The monoisotopic (exact) mass is 420 g/mol. The summed E-state index contributed by atoms with van der Waals surface area (Å²) in [5.41, 5.74) is 1.06. The predicted octanol–water partition coefficient (Wildman–Crippen LogP) is 3.55. The maximum atomic E-state index is 12.6. The van der Waals surface area contributed by atoms with Gasteiger partial charge < -0.3 is 23.7 Å². The first-order valence-electron chi connectivity index (χ1n) is 9.25. The third-order valence-electron chi connectivity index (χ3n) is 5.47. The first-order valence-corrected chi connectivity index (χ1v) is 11.2. The largest absolute Gasteiger partial charge is 0.467 e. The van der Waals surface area contributed by atoms with Crippen LogP contribution in [0.1, 0.15) is 23.8 Å². The van der Waals surface area contributed by atoms with Crippen LogP contribution >= 0.6 is 23.5 Å². The Morgan fingerprint density at radius 2 is 1.93 bits per heavy atom. The zero-order chi connectivity index (χ0) is 19.1. The summed E-state index contributed by atoms with van der Waals surface area (Å²) in [6, 6.07) is 9.38. The van der Waals surface area contributed by atoms with E-state index in [4.69, 9.17) is 18.6 Å². The molecule has 3 aliphatic heterocycles. The molecule has 0 radical (unpaired) electrons. The van der Waals surface area contributed by atoms with Gasteiger partial charge in [-0.05, 0) is 47.8 Å². The highest BCUT2D eigenvalue weighted by Gasteiger charge is 2.56. The Bertz CT molecular complexity index is 862. The number of esters is 1. The summed E-state index contributed by atoms with van der Waals surface area (Å²) in [6.45, 7) is 0.493. The van der Waals surface area contributed by atoms with Crippen molar-refractivity contribution in [2.75, 3.05) is 24.9 Å². The zero-order valence-corrected chi connectivity index (χ0v) is 16.7. The molecule has 3 atom stereocenters. The third kappa shape index (κ3) is 2.89. The van der Waals surface area contributed by atoms with E-state index in [0.717, 1.165) is 35.0 Å². The summed E-state index contributed by atoms with van der Waals surface area (Å²) in [5, 5.41) is 10.9. The highest BCUT2D eigenvalue weighted by atomic mass is 32.2. The van der Waals surface area contributed by atoms with E-state index in [2.05, 4.69) is 0 Å². The van der Waals surface area contributed by atoms with Gasteiger partial charge in [0.2, 0.25) is 6.79 Å². The molecule has 1 aromatic heterocycles. The van der Waals surface area contributed by atoms with E-state index in [1.165, 1.54) is 6.26 Å². The van der Waals surface area contributed by atoms with E-state index in [1.54, 1.807) is 12.1 Å². The van der Waals surface area contributed by atoms with Crippen molar-refractivity contribution < 1.29 is 28.5 Å². The Morgan fingerprint density at radius 3 is 2.71 bits per heavy atom. The number of ether oxygens (including phenoxy) is 3. The molecule has 0 saturated carbocycles. The van der Waals surface area contributed by atoms with Crippen molar-refractivity contribution in [3.8, 4) is 11.5 Å². The van der Waals surface area contributed by atoms with Gasteiger partial charge in [0.05, 0.1) is 22.9 Å². The molecule has 5 rings (SSSR count). The Morgan fingerprint density at radius 1 is 1.11 bits per heavy atom. The summed E-state index contributed by atoms with van der Waals surface area (Å²) in [7, 11) is 0. The Balaban J connectivity index is 1.56. The number of carbonyl (C=O) groups is 1. The molecule has 3 aliphatic rings. The Kier molecular flexibility index (Phi) is 4.72. The molecule has 6 nitrogen and oxygen atoms in total. The molecule has 1 aromatic carbocycles. The number of hydrogen-bond acceptors (Lipinski definition) is 8. The van der Waals surface area contributed by atoms with Crippen LogP contribution in [0.2, 0.25) is 0 Å². The number of fused-ring (bicyclic) bond motifs is 1. The predicted molar refractivity (Wildman–Crippen MR) is 105 cm³/mol. The number of benzene rings is 1. The number of furan rings is 1. The van der Waals surface area contributed by atoms with Crippen molar-refractivity contribution >= 4 is 29.5 Å². The second-order valence-electron chi connectivity index (χ2n) is 7.01. The minimum absolute atomic E-state index is 0.198. The average Bonchev–Trinajstić information content (AvgIpc) is 3.48. The zero-order valence-electron chi connectivity index (χ0n) is 15.0. The van der Waals surface area contributed by atoms with Gasteiger partial charge in [0.15, 0.2) is 11.5 Å². The quantitative estimate of drug-likeness (QED) is 0.753. The number of carbonyl (C=O) groups excluding carboxylic acids is 1. The summed E-state index contributed by atoms with van der Waals surface area (Å²) < 4.78 is 21.5. The lowest BCUT2D eigenvalue weighted by atomic mass is 9.83. The van der Waals surface area contributed by atoms with Crippen LogP contribution in [0.3, 0.4) is 0 Å². The number of thioether (sulfide) groups is 2. The van der Waals surface area contributed by atoms with E-state index in [-0.39, 0.29) is 25.3 Å². The van der Waals surface area contributed by atoms with Crippen LogP contribution in [0.5, 0.6) is 11.5 Å². The van der Waals surface area contributed by atoms with Crippen LogP contribution in [0.15, 0.2) is 41.0 Å². The maximum absolute atomic E-state index is 12.6. The molecule has 8 heteroatoms. The maximum Gasteiger partial charge on any atom is 0.312 e. The van der Waals surface area contributed by atoms with Crippen LogP contribution in [0.4, 0.5) is 0 Å². The topological polar surface area (TPSA) is 78.1 Å². The molecule has 0 unspecified atom stereocenters.